The summed E-state index contributed by atoms with van der Waals surface area (Å²) in [7, 11) is 4.02. The Morgan fingerprint density at radius 1 is 1.16 bits per heavy atom. The second-order valence-electron chi connectivity index (χ2n) is 5.41. The number of hydrogen-bond acceptors (Lipinski definition) is 5. The lowest BCUT2D eigenvalue weighted by molar-refractivity contribution is 0.304. The zero-order chi connectivity index (χ0) is 13.7. The van der Waals surface area contributed by atoms with E-state index in [1.165, 1.54) is 25.7 Å². The second-order valence-corrected chi connectivity index (χ2v) is 5.41. The lowest BCUT2D eigenvalue weighted by Crippen LogP contribution is -2.26. The van der Waals surface area contributed by atoms with Crippen LogP contribution in [0.4, 0.5) is 11.6 Å². The van der Waals surface area contributed by atoms with Gasteiger partial charge in [0.2, 0.25) is 0 Å². The van der Waals surface area contributed by atoms with Crippen molar-refractivity contribution >= 4 is 11.6 Å². The Balaban J connectivity index is 2.00. The van der Waals surface area contributed by atoms with Gasteiger partial charge < -0.3 is 14.9 Å². The van der Waals surface area contributed by atoms with Crippen LogP contribution in [0, 0.1) is 5.92 Å². The summed E-state index contributed by atoms with van der Waals surface area (Å²) in [6.45, 7) is 1.79. The molecule has 1 aliphatic rings. The Kier molecular flexibility index (Phi) is 4.96. The van der Waals surface area contributed by atoms with Gasteiger partial charge in [0.15, 0.2) is 0 Å². The highest BCUT2D eigenvalue weighted by atomic mass is 16.3. The highest BCUT2D eigenvalue weighted by molar-refractivity contribution is 5.49. The number of nitrogens with zero attached hydrogens (tertiary/aromatic N) is 4. The number of rotatable bonds is 6. The van der Waals surface area contributed by atoms with Crippen molar-refractivity contribution < 1.29 is 5.11 Å². The minimum Gasteiger partial charge on any atom is -0.395 e. The molecule has 1 aromatic heterocycles. The van der Waals surface area contributed by atoms with Gasteiger partial charge in [-0.15, -0.1) is 0 Å². The SMILES string of the molecule is CN(CCO)c1cc(N(C)CC2CCCC2)ncn1. The number of aliphatic hydroxyl groups is 1. The first-order chi connectivity index (χ1) is 9.20. The number of aliphatic hydroxyl groups excluding tert-OH is 1. The van der Waals surface area contributed by atoms with Gasteiger partial charge in [-0.1, -0.05) is 12.8 Å². The molecule has 2 rings (SSSR count). The molecule has 19 heavy (non-hydrogen) atoms. The van der Waals surface area contributed by atoms with Gasteiger partial charge in [-0.25, -0.2) is 9.97 Å². The minimum atomic E-state index is 0.133. The van der Waals surface area contributed by atoms with E-state index in [0.717, 1.165) is 24.1 Å². The largest absolute Gasteiger partial charge is 0.395 e. The summed E-state index contributed by atoms with van der Waals surface area (Å²) in [6.07, 6.45) is 7.02. The van der Waals surface area contributed by atoms with Gasteiger partial charge in [-0.05, 0) is 18.8 Å². The summed E-state index contributed by atoms with van der Waals surface area (Å²) >= 11 is 0. The molecule has 5 heteroatoms. The summed E-state index contributed by atoms with van der Waals surface area (Å²) in [4.78, 5) is 12.8. The number of anilines is 2. The minimum absolute atomic E-state index is 0.133. The van der Waals surface area contributed by atoms with Crippen LogP contribution in [0.15, 0.2) is 12.4 Å². The maximum atomic E-state index is 8.97. The lowest BCUT2D eigenvalue weighted by Gasteiger charge is -2.23. The molecule has 1 heterocycles. The molecule has 1 aliphatic carbocycles. The molecule has 106 valence electrons. The van der Waals surface area contributed by atoms with E-state index in [9.17, 15) is 0 Å². The fourth-order valence-corrected chi connectivity index (χ4v) is 2.69. The summed E-state index contributed by atoms with van der Waals surface area (Å²) in [5.41, 5.74) is 0. The van der Waals surface area contributed by atoms with Gasteiger partial charge in [0.25, 0.3) is 0 Å². The number of likely N-dealkylation sites (N-methyl/N-ethyl adjacent to an activating group) is 1. The fraction of sp³-hybridized carbons (Fsp3) is 0.714. The van der Waals surface area contributed by atoms with Crippen molar-refractivity contribution in [2.75, 3.05) is 43.6 Å². The third kappa shape index (κ3) is 3.80. The molecule has 0 aliphatic heterocycles. The van der Waals surface area contributed by atoms with Crippen molar-refractivity contribution in [1.29, 1.82) is 0 Å². The molecular formula is C14H24N4O. The average molecular weight is 264 g/mol. The first-order valence-electron chi connectivity index (χ1n) is 7.06. The molecule has 0 amide bonds. The van der Waals surface area contributed by atoms with Gasteiger partial charge in [-0.3, -0.25) is 0 Å². The van der Waals surface area contributed by atoms with E-state index in [1.807, 2.05) is 18.0 Å². The van der Waals surface area contributed by atoms with E-state index < -0.39 is 0 Å². The molecule has 0 radical (unpaired) electrons. The molecule has 0 atom stereocenters. The monoisotopic (exact) mass is 264 g/mol. The molecule has 0 spiro atoms. The number of hydrogen-bond donors (Lipinski definition) is 1. The van der Waals surface area contributed by atoms with Crippen LogP contribution in [0.3, 0.4) is 0 Å². The molecular weight excluding hydrogens is 240 g/mol. The Hall–Kier alpha value is -1.36. The predicted octanol–water partition coefficient (Wildman–Crippen LogP) is 1.53. The van der Waals surface area contributed by atoms with Crippen LogP contribution in [0.1, 0.15) is 25.7 Å². The van der Waals surface area contributed by atoms with E-state index in [-0.39, 0.29) is 6.61 Å². The maximum absolute atomic E-state index is 8.97. The van der Waals surface area contributed by atoms with E-state index in [4.69, 9.17) is 5.11 Å². The van der Waals surface area contributed by atoms with E-state index in [1.54, 1.807) is 6.33 Å². The molecule has 1 saturated carbocycles. The van der Waals surface area contributed by atoms with Crippen LogP contribution in [-0.2, 0) is 0 Å². The van der Waals surface area contributed by atoms with E-state index >= 15 is 0 Å². The van der Waals surface area contributed by atoms with Crippen LogP contribution in [0.2, 0.25) is 0 Å². The van der Waals surface area contributed by atoms with Gasteiger partial charge in [0, 0.05) is 33.3 Å². The Labute approximate surface area is 115 Å². The third-order valence-electron chi connectivity index (χ3n) is 3.86. The van der Waals surface area contributed by atoms with E-state index in [2.05, 4.69) is 21.9 Å². The first-order valence-corrected chi connectivity index (χ1v) is 7.06. The molecule has 1 fully saturated rings. The van der Waals surface area contributed by atoms with Crippen LogP contribution in [-0.4, -0.2) is 48.9 Å². The summed E-state index contributed by atoms with van der Waals surface area (Å²) in [6, 6.07) is 1.99. The van der Waals surface area contributed by atoms with Crippen LogP contribution in [0.5, 0.6) is 0 Å². The topological polar surface area (TPSA) is 52.5 Å². The highest BCUT2D eigenvalue weighted by Gasteiger charge is 2.18. The van der Waals surface area contributed by atoms with Crippen molar-refractivity contribution in [3.05, 3.63) is 12.4 Å². The van der Waals surface area contributed by atoms with Gasteiger partial charge in [-0.2, -0.15) is 0 Å². The zero-order valence-corrected chi connectivity index (χ0v) is 11.9. The molecule has 5 nitrogen and oxygen atoms in total. The van der Waals surface area contributed by atoms with Crippen molar-refractivity contribution in [2.24, 2.45) is 5.92 Å². The fourth-order valence-electron chi connectivity index (χ4n) is 2.69. The van der Waals surface area contributed by atoms with Crippen molar-refractivity contribution in [2.45, 2.75) is 25.7 Å². The van der Waals surface area contributed by atoms with E-state index in [0.29, 0.717) is 6.54 Å². The Morgan fingerprint density at radius 2 is 1.79 bits per heavy atom. The Bertz CT molecular complexity index is 393. The molecule has 0 saturated heterocycles. The zero-order valence-electron chi connectivity index (χ0n) is 11.9. The Morgan fingerprint density at radius 3 is 2.42 bits per heavy atom. The lowest BCUT2D eigenvalue weighted by atomic mass is 10.1. The van der Waals surface area contributed by atoms with Crippen molar-refractivity contribution in [1.82, 2.24) is 9.97 Å². The quantitative estimate of drug-likeness (QED) is 0.844. The van der Waals surface area contributed by atoms with Crippen molar-refractivity contribution in [3.8, 4) is 0 Å². The highest BCUT2D eigenvalue weighted by Crippen LogP contribution is 2.26. The normalized spacial score (nSPS) is 15.7. The smallest absolute Gasteiger partial charge is 0.133 e. The molecule has 0 unspecified atom stereocenters. The van der Waals surface area contributed by atoms with Crippen molar-refractivity contribution in [3.63, 3.8) is 0 Å². The summed E-state index contributed by atoms with van der Waals surface area (Å²) in [5, 5.41) is 8.97. The summed E-state index contributed by atoms with van der Waals surface area (Å²) < 4.78 is 0. The standard InChI is InChI=1S/C14H24N4O/c1-17(7-8-19)13-9-14(16-11-15-13)18(2)10-12-5-3-4-6-12/h9,11-12,19H,3-8,10H2,1-2H3. The average Bonchev–Trinajstić information content (AvgIpc) is 2.92. The van der Waals surface area contributed by atoms with Gasteiger partial charge in [0.1, 0.15) is 18.0 Å². The number of aromatic nitrogens is 2. The van der Waals surface area contributed by atoms with Crippen LogP contribution < -0.4 is 9.80 Å². The predicted molar refractivity (Wildman–Crippen MR) is 77.6 cm³/mol. The molecule has 1 N–H and O–H groups in total. The maximum Gasteiger partial charge on any atom is 0.133 e. The summed E-state index contributed by atoms with van der Waals surface area (Å²) in [5.74, 6) is 2.62. The first kappa shape index (κ1) is 14.1. The second kappa shape index (κ2) is 6.70. The third-order valence-corrected chi connectivity index (χ3v) is 3.86. The molecule has 0 bridgehead atoms. The van der Waals surface area contributed by atoms with Crippen LogP contribution in [0.25, 0.3) is 0 Å². The van der Waals surface area contributed by atoms with Gasteiger partial charge in [0.05, 0.1) is 6.61 Å². The molecule has 1 aromatic rings. The van der Waals surface area contributed by atoms with Crippen LogP contribution >= 0.6 is 0 Å². The van der Waals surface area contributed by atoms with Gasteiger partial charge >= 0.3 is 0 Å². The molecule has 0 aromatic carbocycles.